The van der Waals surface area contributed by atoms with Crippen molar-refractivity contribution in [3.05, 3.63) is 60.9 Å². The van der Waals surface area contributed by atoms with Crippen LogP contribution in [0.5, 0.6) is 11.5 Å². The molecule has 0 aliphatic carbocycles. The van der Waals surface area contributed by atoms with E-state index in [0.717, 1.165) is 5.56 Å². The molecule has 0 atom stereocenters. The zero-order valence-corrected chi connectivity index (χ0v) is 17.1. The molecule has 4 aromatic rings. The van der Waals surface area contributed by atoms with Crippen LogP contribution in [-0.2, 0) is 10.0 Å². The second-order valence-electron chi connectivity index (χ2n) is 6.36. The lowest BCUT2D eigenvalue weighted by molar-refractivity contribution is 0.355. The number of methoxy groups -OCH3 is 2. The van der Waals surface area contributed by atoms with Gasteiger partial charge in [-0.25, -0.2) is 23.5 Å². The summed E-state index contributed by atoms with van der Waals surface area (Å²) in [6.07, 6.45) is 3.36. The summed E-state index contributed by atoms with van der Waals surface area (Å²) in [4.78, 5) is 8.98. The average Bonchev–Trinajstić information content (AvgIpc) is 3.22. The molecular weight excluding hydrogens is 406 g/mol. The molecule has 0 unspecified atom stereocenters. The van der Waals surface area contributed by atoms with Crippen LogP contribution in [-0.4, -0.2) is 37.0 Å². The minimum Gasteiger partial charge on any atom is -0.493 e. The smallest absolute Gasteiger partial charge is 0.240 e. The maximum Gasteiger partial charge on any atom is 0.240 e. The number of para-hydroxylation sites is 1. The third-order valence-corrected chi connectivity index (χ3v) is 5.48. The first kappa shape index (κ1) is 19.7. The number of sulfonamides is 1. The van der Waals surface area contributed by atoms with Crippen LogP contribution in [0, 0.1) is 0 Å². The van der Waals surface area contributed by atoms with Crippen molar-refractivity contribution in [3.8, 4) is 22.8 Å². The zero-order chi connectivity index (χ0) is 21.3. The summed E-state index contributed by atoms with van der Waals surface area (Å²) in [6, 6.07) is 13.6. The van der Waals surface area contributed by atoms with Gasteiger partial charge in [0.25, 0.3) is 0 Å². The number of fused-ring (bicyclic) bond motifs is 1. The van der Waals surface area contributed by atoms with Crippen LogP contribution in [0.25, 0.3) is 16.9 Å². The van der Waals surface area contributed by atoms with E-state index in [1.165, 1.54) is 6.07 Å². The van der Waals surface area contributed by atoms with Gasteiger partial charge in [0.05, 0.1) is 25.6 Å². The Labute approximate surface area is 173 Å². The first-order valence-electron chi connectivity index (χ1n) is 8.86. The molecule has 0 bridgehead atoms. The Hall–Kier alpha value is -3.63. The number of primary sulfonamides is 1. The van der Waals surface area contributed by atoms with Crippen molar-refractivity contribution >= 4 is 27.3 Å². The number of nitrogens with zero attached hydrogens (tertiary/aromatic N) is 3. The van der Waals surface area contributed by atoms with Crippen molar-refractivity contribution in [1.82, 2.24) is 14.4 Å². The molecule has 0 saturated carbocycles. The van der Waals surface area contributed by atoms with Crippen molar-refractivity contribution in [2.24, 2.45) is 5.14 Å². The number of hydrogen-bond acceptors (Lipinski definition) is 7. The highest BCUT2D eigenvalue weighted by molar-refractivity contribution is 7.89. The number of rotatable bonds is 6. The third kappa shape index (κ3) is 3.65. The molecular formula is C20H19N5O4S. The summed E-state index contributed by atoms with van der Waals surface area (Å²) in [5.74, 6) is 1.54. The predicted octanol–water partition coefficient (Wildman–Crippen LogP) is 2.80. The number of aromatic nitrogens is 3. The molecule has 0 spiro atoms. The maximum absolute atomic E-state index is 11.9. The molecule has 2 heterocycles. The molecule has 9 nitrogen and oxygen atoms in total. The first-order chi connectivity index (χ1) is 14.4. The highest BCUT2D eigenvalue weighted by atomic mass is 32.2. The van der Waals surface area contributed by atoms with Gasteiger partial charge < -0.3 is 14.8 Å². The Kier molecular flexibility index (Phi) is 5.02. The molecule has 30 heavy (non-hydrogen) atoms. The van der Waals surface area contributed by atoms with Gasteiger partial charge >= 0.3 is 0 Å². The summed E-state index contributed by atoms with van der Waals surface area (Å²) in [6.45, 7) is 0. The average molecular weight is 425 g/mol. The second-order valence-corrected chi connectivity index (χ2v) is 7.89. The van der Waals surface area contributed by atoms with E-state index in [-0.39, 0.29) is 4.90 Å². The number of nitrogens with two attached hydrogens (primary N) is 1. The summed E-state index contributed by atoms with van der Waals surface area (Å²) in [5, 5.41) is 8.42. The fourth-order valence-electron chi connectivity index (χ4n) is 3.09. The fraction of sp³-hybridized carbons (Fsp3) is 0.100. The van der Waals surface area contributed by atoms with Crippen LogP contribution in [0.4, 0.5) is 11.6 Å². The van der Waals surface area contributed by atoms with Crippen molar-refractivity contribution in [1.29, 1.82) is 0 Å². The van der Waals surface area contributed by atoms with E-state index in [9.17, 15) is 8.42 Å². The van der Waals surface area contributed by atoms with Crippen molar-refractivity contribution in [2.45, 2.75) is 4.90 Å². The number of nitrogens with one attached hydrogen (secondary N) is 1. The monoisotopic (exact) mass is 425 g/mol. The summed E-state index contributed by atoms with van der Waals surface area (Å²) >= 11 is 0. The molecule has 2 aromatic heterocycles. The molecule has 3 N–H and O–H groups in total. The van der Waals surface area contributed by atoms with E-state index < -0.39 is 10.0 Å². The quantitative estimate of drug-likeness (QED) is 0.487. The molecule has 0 fully saturated rings. The largest absolute Gasteiger partial charge is 0.493 e. The van der Waals surface area contributed by atoms with Crippen molar-refractivity contribution in [2.75, 3.05) is 19.5 Å². The minimum absolute atomic E-state index is 0.0309. The molecule has 4 rings (SSSR count). The Bertz CT molecular complexity index is 1330. The fourth-order valence-corrected chi connectivity index (χ4v) is 3.79. The normalized spacial score (nSPS) is 11.4. The highest BCUT2D eigenvalue weighted by Crippen LogP contribution is 2.33. The van der Waals surface area contributed by atoms with Gasteiger partial charge in [0.1, 0.15) is 10.5 Å². The van der Waals surface area contributed by atoms with Gasteiger partial charge in [-0.2, -0.15) is 0 Å². The third-order valence-electron chi connectivity index (χ3n) is 4.51. The lowest BCUT2D eigenvalue weighted by atomic mass is 10.1. The molecule has 154 valence electrons. The highest BCUT2D eigenvalue weighted by Gasteiger charge is 2.16. The number of benzene rings is 2. The van der Waals surface area contributed by atoms with Crippen molar-refractivity contribution in [3.63, 3.8) is 0 Å². The minimum atomic E-state index is -3.92. The van der Waals surface area contributed by atoms with Crippen LogP contribution < -0.4 is 19.9 Å². The van der Waals surface area contributed by atoms with Gasteiger partial charge in [-0.1, -0.05) is 12.1 Å². The second kappa shape index (κ2) is 7.65. The van der Waals surface area contributed by atoms with Crippen LogP contribution in [0.3, 0.4) is 0 Å². The Morgan fingerprint density at radius 1 is 1.03 bits per heavy atom. The number of ether oxygens (including phenoxy) is 2. The van der Waals surface area contributed by atoms with Crippen LogP contribution in [0.2, 0.25) is 0 Å². The SMILES string of the molecule is COc1ccc(-c2cc3nccn3c(Nc3ccccc3S(N)(=O)=O)n2)cc1OC. The van der Waals surface area contributed by atoms with E-state index in [1.807, 2.05) is 18.2 Å². The van der Waals surface area contributed by atoms with E-state index in [2.05, 4.69) is 15.3 Å². The summed E-state index contributed by atoms with van der Waals surface area (Å²) < 4.78 is 36.3. The topological polar surface area (TPSA) is 121 Å². The van der Waals surface area contributed by atoms with E-state index in [4.69, 9.17) is 14.6 Å². The Balaban J connectivity index is 1.84. The maximum atomic E-state index is 11.9. The summed E-state index contributed by atoms with van der Waals surface area (Å²) in [5.41, 5.74) is 2.34. The number of imidazole rings is 1. The Morgan fingerprint density at radius 2 is 1.80 bits per heavy atom. The van der Waals surface area contributed by atoms with E-state index in [1.54, 1.807) is 55.3 Å². The molecule has 10 heteroatoms. The first-order valence-corrected chi connectivity index (χ1v) is 10.4. The van der Waals surface area contributed by atoms with Crippen LogP contribution in [0.15, 0.2) is 65.8 Å². The van der Waals surface area contributed by atoms with Gasteiger partial charge in [0, 0.05) is 24.0 Å². The lowest BCUT2D eigenvalue weighted by Crippen LogP contribution is -2.14. The molecule has 2 aromatic carbocycles. The zero-order valence-electron chi connectivity index (χ0n) is 16.2. The number of hydrogen-bond donors (Lipinski definition) is 2. The van der Waals surface area contributed by atoms with Crippen LogP contribution in [0.1, 0.15) is 0 Å². The molecule has 0 saturated heterocycles. The molecule has 0 aliphatic heterocycles. The standard InChI is InChI=1S/C20H19N5O4S/c1-28-16-8-7-13(11-17(16)29-2)15-12-19-22-9-10-25(19)20(24-15)23-14-5-3-4-6-18(14)30(21,26)27/h3-12H,1-2H3,(H,23,24)(H2,21,26,27). The summed E-state index contributed by atoms with van der Waals surface area (Å²) in [7, 11) is -0.792. The van der Waals surface area contributed by atoms with Crippen molar-refractivity contribution < 1.29 is 17.9 Å². The Morgan fingerprint density at radius 3 is 2.53 bits per heavy atom. The number of anilines is 2. The molecule has 0 amide bonds. The lowest BCUT2D eigenvalue weighted by Gasteiger charge is -2.14. The molecule has 0 aliphatic rings. The van der Waals surface area contributed by atoms with Gasteiger partial charge in [-0.05, 0) is 30.3 Å². The van der Waals surface area contributed by atoms with E-state index in [0.29, 0.717) is 34.5 Å². The van der Waals surface area contributed by atoms with Crippen LogP contribution >= 0.6 is 0 Å². The van der Waals surface area contributed by atoms with Gasteiger partial charge in [-0.15, -0.1) is 0 Å². The van der Waals surface area contributed by atoms with Gasteiger partial charge in [0.15, 0.2) is 11.5 Å². The van der Waals surface area contributed by atoms with E-state index >= 15 is 0 Å². The van der Waals surface area contributed by atoms with Gasteiger partial charge in [-0.3, -0.25) is 4.40 Å². The predicted molar refractivity (Wildman–Crippen MR) is 113 cm³/mol. The van der Waals surface area contributed by atoms with Gasteiger partial charge in [0.2, 0.25) is 16.0 Å². The molecule has 0 radical (unpaired) electrons.